The number of piperidine rings is 1. The van der Waals surface area contributed by atoms with Crippen LogP contribution in [0.2, 0.25) is 0 Å². The number of halogens is 1. The highest BCUT2D eigenvalue weighted by molar-refractivity contribution is 5.77. The molecular formula is C26H30FN5O. The second-order valence-electron chi connectivity index (χ2n) is 8.68. The number of carbonyl (C=O) groups is 1. The van der Waals surface area contributed by atoms with Gasteiger partial charge in [0.25, 0.3) is 0 Å². The van der Waals surface area contributed by atoms with Crippen molar-refractivity contribution in [1.82, 2.24) is 19.9 Å². The molecule has 7 heteroatoms. The first-order valence-corrected chi connectivity index (χ1v) is 11.5. The first-order chi connectivity index (χ1) is 16.0. The summed E-state index contributed by atoms with van der Waals surface area (Å²) in [5.74, 6) is 0.544. The van der Waals surface area contributed by atoms with E-state index in [-0.39, 0.29) is 17.8 Å². The van der Waals surface area contributed by atoms with Crippen LogP contribution in [0.5, 0.6) is 0 Å². The van der Waals surface area contributed by atoms with Crippen molar-refractivity contribution in [3.63, 3.8) is 0 Å². The molecule has 6 nitrogen and oxygen atoms in total. The van der Waals surface area contributed by atoms with E-state index in [1.54, 1.807) is 24.5 Å². The first kappa shape index (κ1) is 22.8. The van der Waals surface area contributed by atoms with Gasteiger partial charge < -0.3 is 9.80 Å². The summed E-state index contributed by atoms with van der Waals surface area (Å²) in [5.41, 5.74) is 3.89. The number of amides is 1. The summed E-state index contributed by atoms with van der Waals surface area (Å²) in [4.78, 5) is 30.8. The predicted molar refractivity (Wildman–Crippen MR) is 127 cm³/mol. The maximum absolute atomic E-state index is 13.3. The Balaban J connectivity index is 1.56. The number of hydrogen-bond donors (Lipinski definition) is 0. The molecule has 33 heavy (non-hydrogen) atoms. The van der Waals surface area contributed by atoms with E-state index in [0.29, 0.717) is 12.4 Å². The van der Waals surface area contributed by atoms with E-state index in [9.17, 15) is 9.18 Å². The molecular weight excluding hydrogens is 417 g/mol. The summed E-state index contributed by atoms with van der Waals surface area (Å²) in [7, 11) is 3.84. The molecule has 4 rings (SSSR count). The van der Waals surface area contributed by atoms with Gasteiger partial charge in [-0.15, -0.1) is 0 Å². The summed E-state index contributed by atoms with van der Waals surface area (Å²) in [6.07, 6.45) is 10.3. The normalized spacial score (nSPS) is 16.0. The van der Waals surface area contributed by atoms with E-state index in [4.69, 9.17) is 4.98 Å². The Hall–Kier alpha value is -3.35. The molecule has 1 aromatic carbocycles. The Morgan fingerprint density at radius 1 is 1.12 bits per heavy atom. The molecule has 1 amide bonds. The van der Waals surface area contributed by atoms with Crippen LogP contribution < -0.4 is 4.90 Å². The van der Waals surface area contributed by atoms with Crippen molar-refractivity contribution in [2.75, 3.05) is 25.5 Å². The van der Waals surface area contributed by atoms with Crippen molar-refractivity contribution in [2.45, 2.75) is 44.6 Å². The molecule has 2 aromatic heterocycles. The number of likely N-dealkylation sites (tertiary alicyclic amines) is 1. The number of hydrogen-bond acceptors (Lipinski definition) is 5. The van der Waals surface area contributed by atoms with Gasteiger partial charge in [0.15, 0.2) is 0 Å². The van der Waals surface area contributed by atoms with E-state index in [0.717, 1.165) is 61.0 Å². The van der Waals surface area contributed by atoms with Crippen molar-refractivity contribution < 1.29 is 9.18 Å². The molecule has 172 valence electrons. The number of benzene rings is 1. The van der Waals surface area contributed by atoms with Crippen molar-refractivity contribution in [3.05, 3.63) is 72.1 Å². The van der Waals surface area contributed by atoms with Gasteiger partial charge in [-0.1, -0.05) is 12.1 Å². The molecule has 0 N–H and O–H groups in total. The lowest BCUT2D eigenvalue weighted by molar-refractivity contribution is -0.135. The van der Waals surface area contributed by atoms with Gasteiger partial charge in [-0.2, -0.15) is 0 Å². The molecule has 3 aromatic rings. The van der Waals surface area contributed by atoms with Crippen molar-refractivity contribution in [1.29, 1.82) is 0 Å². The number of carbonyl (C=O) groups excluding carboxylic acids is 1. The number of nitrogens with zero attached hydrogens (tertiary/aromatic N) is 5. The van der Waals surface area contributed by atoms with Crippen LogP contribution >= 0.6 is 0 Å². The molecule has 0 bridgehead atoms. The van der Waals surface area contributed by atoms with E-state index in [1.807, 2.05) is 42.2 Å². The zero-order chi connectivity index (χ0) is 23.2. The van der Waals surface area contributed by atoms with E-state index < -0.39 is 0 Å². The van der Waals surface area contributed by atoms with Crippen LogP contribution in [0.4, 0.5) is 10.3 Å². The smallest absolute Gasteiger partial charge is 0.225 e. The molecule has 1 fully saturated rings. The summed E-state index contributed by atoms with van der Waals surface area (Å²) in [6, 6.07) is 10.3. The van der Waals surface area contributed by atoms with Gasteiger partial charge in [-0.3, -0.25) is 9.78 Å². The minimum atomic E-state index is -0.238. The fraction of sp³-hybridized carbons (Fsp3) is 0.385. The molecule has 0 saturated carbocycles. The molecule has 1 aliphatic heterocycles. The zero-order valence-electron chi connectivity index (χ0n) is 19.2. The lowest BCUT2D eigenvalue weighted by atomic mass is 9.93. The molecule has 0 radical (unpaired) electrons. The van der Waals surface area contributed by atoms with Gasteiger partial charge >= 0.3 is 0 Å². The Bertz CT molecular complexity index is 1070. The number of rotatable bonds is 7. The summed E-state index contributed by atoms with van der Waals surface area (Å²) in [6.45, 7) is 0.733. The highest BCUT2D eigenvalue weighted by atomic mass is 19.1. The number of anilines is 1. The van der Waals surface area contributed by atoms with Crippen LogP contribution in [0.3, 0.4) is 0 Å². The second-order valence-corrected chi connectivity index (χ2v) is 8.68. The van der Waals surface area contributed by atoms with Crippen LogP contribution in [-0.2, 0) is 11.2 Å². The Kier molecular flexibility index (Phi) is 7.27. The first-order valence-electron chi connectivity index (χ1n) is 11.5. The van der Waals surface area contributed by atoms with Crippen molar-refractivity contribution >= 4 is 11.9 Å². The molecule has 0 spiro atoms. The SMILES string of the molecule is CN(C)c1ncc(-c2ccncc2)c([C@H]2CCCCN2C(=O)CCCc2ccc(F)cc2)n1. The quantitative estimate of drug-likeness (QED) is 0.520. The van der Waals surface area contributed by atoms with E-state index in [1.165, 1.54) is 12.1 Å². The summed E-state index contributed by atoms with van der Waals surface area (Å²) >= 11 is 0. The van der Waals surface area contributed by atoms with Crippen molar-refractivity contribution in [3.8, 4) is 11.1 Å². The van der Waals surface area contributed by atoms with Gasteiger partial charge in [0, 0.05) is 51.2 Å². The Morgan fingerprint density at radius 2 is 1.88 bits per heavy atom. The predicted octanol–water partition coefficient (Wildman–Crippen LogP) is 4.82. The minimum absolute atomic E-state index is 0.0815. The van der Waals surface area contributed by atoms with Crippen LogP contribution in [-0.4, -0.2) is 46.4 Å². The van der Waals surface area contributed by atoms with Crippen LogP contribution in [0.25, 0.3) is 11.1 Å². The van der Waals surface area contributed by atoms with E-state index >= 15 is 0 Å². The largest absolute Gasteiger partial charge is 0.347 e. The Labute approximate surface area is 194 Å². The van der Waals surface area contributed by atoms with Crippen molar-refractivity contribution in [2.24, 2.45) is 0 Å². The lowest BCUT2D eigenvalue weighted by Crippen LogP contribution is -2.39. The average molecular weight is 448 g/mol. The van der Waals surface area contributed by atoms with Gasteiger partial charge in [-0.05, 0) is 67.5 Å². The van der Waals surface area contributed by atoms with Gasteiger partial charge in [0.1, 0.15) is 5.82 Å². The van der Waals surface area contributed by atoms with Gasteiger partial charge in [0.05, 0.1) is 11.7 Å². The van der Waals surface area contributed by atoms with Crippen LogP contribution in [0.1, 0.15) is 49.4 Å². The van der Waals surface area contributed by atoms with Crippen LogP contribution in [0, 0.1) is 5.82 Å². The molecule has 3 heterocycles. The summed E-state index contributed by atoms with van der Waals surface area (Å²) in [5, 5.41) is 0. The monoisotopic (exact) mass is 447 g/mol. The van der Waals surface area contributed by atoms with Crippen LogP contribution in [0.15, 0.2) is 55.0 Å². The maximum atomic E-state index is 13.3. The standard InChI is InChI=1S/C26H30FN5O/c1-31(2)26-29-18-22(20-13-15-28-16-14-20)25(30-26)23-7-3-4-17-32(23)24(33)8-5-6-19-9-11-21(27)12-10-19/h9-16,18,23H,3-8,17H2,1-2H3/t23-/m1/s1. The third-order valence-corrected chi connectivity index (χ3v) is 6.10. The topological polar surface area (TPSA) is 62.2 Å². The fourth-order valence-electron chi connectivity index (χ4n) is 4.36. The van der Waals surface area contributed by atoms with Gasteiger partial charge in [-0.25, -0.2) is 14.4 Å². The average Bonchev–Trinajstić information content (AvgIpc) is 2.85. The molecule has 0 unspecified atom stereocenters. The number of aromatic nitrogens is 3. The van der Waals surface area contributed by atoms with Gasteiger partial charge in [0.2, 0.25) is 11.9 Å². The highest BCUT2D eigenvalue weighted by Crippen LogP contribution is 2.36. The molecule has 0 aliphatic carbocycles. The fourth-order valence-corrected chi connectivity index (χ4v) is 4.36. The molecule has 1 aliphatic rings. The Morgan fingerprint density at radius 3 is 2.61 bits per heavy atom. The number of pyridine rings is 1. The minimum Gasteiger partial charge on any atom is -0.347 e. The van der Waals surface area contributed by atoms with E-state index in [2.05, 4.69) is 9.97 Å². The molecule has 1 atom stereocenters. The third-order valence-electron chi connectivity index (χ3n) is 6.10. The third kappa shape index (κ3) is 5.53. The highest BCUT2D eigenvalue weighted by Gasteiger charge is 2.31. The summed E-state index contributed by atoms with van der Waals surface area (Å²) < 4.78 is 13.1. The zero-order valence-corrected chi connectivity index (χ0v) is 19.2. The number of aryl methyl sites for hydroxylation is 1. The maximum Gasteiger partial charge on any atom is 0.225 e. The second kappa shape index (κ2) is 10.5. The molecule has 1 saturated heterocycles. The lowest BCUT2D eigenvalue weighted by Gasteiger charge is -2.36.